The second-order valence-corrected chi connectivity index (χ2v) is 7.62. The molecule has 0 unspecified atom stereocenters. The summed E-state index contributed by atoms with van der Waals surface area (Å²) in [4.78, 5) is 35.4. The van der Waals surface area contributed by atoms with Crippen LogP contribution >= 0.6 is 0 Å². The number of amides is 2. The van der Waals surface area contributed by atoms with Gasteiger partial charge in [-0.3, -0.25) is 25.4 Å². The number of benzene rings is 2. The van der Waals surface area contributed by atoms with Crippen molar-refractivity contribution in [3.05, 3.63) is 89.7 Å². The first-order chi connectivity index (χ1) is 16.1. The third-order valence-electron chi connectivity index (χ3n) is 5.61. The summed E-state index contributed by atoms with van der Waals surface area (Å²) in [6.45, 7) is 0.809. The van der Waals surface area contributed by atoms with Gasteiger partial charge in [-0.15, -0.1) is 0 Å². The number of aromatic nitrogens is 2. The second kappa shape index (κ2) is 8.58. The summed E-state index contributed by atoms with van der Waals surface area (Å²) >= 11 is 0. The Morgan fingerprint density at radius 3 is 2.30 bits per heavy atom. The van der Waals surface area contributed by atoms with Crippen molar-refractivity contribution in [3.8, 4) is 5.75 Å². The Labute approximate surface area is 190 Å². The zero-order chi connectivity index (χ0) is 22.8. The highest BCUT2D eigenvalue weighted by Gasteiger charge is 2.23. The van der Waals surface area contributed by atoms with Crippen LogP contribution in [0, 0.1) is 0 Å². The van der Waals surface area contributed by atoms with E-state index in [0.717, 1.165) is 41.1 Å². The molecule has 1 aliphatic rings. The molecular weight excluding hydrogens is 418 g/mol. The van der Waals surface area contributed by atoms with Crippen LogP contribution in [0.3, 0.4) is 0 Å². The van der Waals surface area contributed by atoms with Crippen LogP contribution in [0.2, 0.25) is 0 Å². The van der Waals surface area contributed by atoms with Gasteiger partial charge in [0.05, 0.1) is 12.6 Å². The predicted octanol–water partition coefficient (Wildman–Crippen LogP) is 3.41. The van der Waals surface area contributed by atoms with Crippen molar-refractivity contribution in [3.63, 3.8) is 0 Å². The summed E-state index contributed by atoms with van der Waals surface area (Å²) in [5.41, 5.74) is 8.70. The minimum atomic E-state index is -0.411. The molecule has 0 saturated heterocycles. The molecule has 0 aliphatic carbocycles. The number of hydrogen-bond donors (Lipinski definition) is 2. The molecule has 1 aliphatic heterocycles. The number of anilines is 2. The molecule has 5 rings (SSSR count). The van der Waals surface area contributed by atoms with Crippen LogP contribution in [0.5, 0.6) is 5.75 Å². The molecule has 3 heterocycles. The number of rotatable bonds is 4. The number of carbonyl (C=O) groups is 2. The van der Waals surface area contributed by atoms with Crippen molar-refractivity contribution >= 4 is 34.2 Å². The van der Waals surface area contributed by atoms with Gasteiger partial charge in [-0.2, -0.15) is 0 Å². The topological polar surface area (TPSA) is 96.5 Å². The smallest absolute Gasteiger partial charge is 0.269 e. The maximum Gasteiger partial charge on any atom is 0.269 e. The number of hydrazine groups is 1. The second-order valence-electron chi connectivity index (χ2n) is 7.62. The predicted molar refractivity (Wildman–Crippen MR) is 125 cm³/mol. The van der Waals surface area contributed by atoms with E-state index in [4.69, 9.17) is 9.72 Å². The molecule has 0 bridgehead atoms. The SMILES string of the molecule is COc1ccc2cc3c(nc2c1)N(c1ccc(C(=O)NNC(=O)c2ccncc2)cc1)CC3. The fraction of sp³-hybridized carbons (Fsp3) is 0.120. The number of nitrogens with one attached hydrogen (secondary N) is 2. The summed E-state index contributed by atoms with van der Waals surface area (Å²) in [6, 6.07) is 18.4. The average molecular weight is 439 g/mol. The average Bonchev–Trinajstić information content (AvgIpc) is 3.28. The summed E-state index contributed by atoms with van der Waals surface area (Å²) in [6.07, 6.45) is 3.92. The monoisotopic (exact) mass is 439 g/mol. The van der Waals surface area contributed by atoms with Crippen LogP contribution in [0.1, 0.15) is 26.3 Å². The number of nitrogens with zero attached hydrogens (tertiary/aromatic N) is 3. The van der Waals surface area contributed by atoms with Gasteiger partial charge < -0.3 is 9.64 Å². The van der Waals surface area contributed by atoms with Gasteiger partial charge in [-0.25, -0.2) is 4.98 Å². The molecule has 0 spiro atoms. The molecule has 8 heteroatoms. The molecule has 0 saturated carbocycles. The number of hydrogen-bond acceptors (Lipinski definition) is 6. The molecule has 0 fully saturated rings. The Bertz CT molecular complexity index is 1340. The fourth-order valence-corrected chi connectivity index (χ4v) is 3.87. The largest absolute Gasteiger partial charge is 0.497 e. The van der Waals surface area contributed by atoms with Gasteiger partial charge in [0.2, 0.25) is 0 Å². The maximum absolute atomic E-state index is 12.4. The molecule has 2 N–H and O–H groups in total. The van der Waals surface area contributed by atoms with Gasteiger partial charge in [-0.1, -0.05) is 0 Å². The van der Waals surface area contributed by atoms with E-state index in [1.807, 2.05) is 30.3 Å². The van der Waals surface area contributed by atoms with E-state index in [2.05, 4.69) is 26.8 Å². The van der Waals surface area contributed by atoms with Gasteiger partial charge in [0.1, 0.15) is 11.6 Å². The summed E-state index contributed by atoms with van der Waals surface area (Å²) < 4.78 is 5.33. The number of ether oxygens (including phenoxy) is 1. The third-order valence-corrected chi connectivity index (χ3v) is 5.61. The first kappa shape index (κ1) is 20.4. The van der Waals surface area contributed by atoms with Crippen molar-refractivity contribution in [2.45, 2.75) is 6.42 Å². The van der Waals surface area contributed by atoms with E-state index in [-0.39, 0.29) is 0 Å². The Morgan fingerprint density at radius 2 is 1.61 bits per heavy atom. The van der Waals surface area contributed by atoms with Gasteiger partial charge in [0.15, 0.2) is 0 Å². The molecule has 4 aromatic rings. The lowest BCUT2D eigenvalue weighted by atomic mass is 10.1. The van der Waals surface area contributed by atoms with E-state index in [1.165, 1.54) is 18.0 Å². The molecule has 8 nitrogen and oxygen atoms in total. The van der Waals surface area contributed by atoms with Crippen LogP contribution < -0.4 is 20.5 Å². The van der Waals surface area contributed by atoms with E-state index < -0.39 is 11.8 Å². The number of pyridine rings is 2. The number of fused-ring (bicyclic) bond motifs is 2. The molecular formula is C25H21N5O3. The first-order valence-corrected chi connectivity index (χ1v) is 10.5. The Morgan fingerprint density at radius 1 is 0.909 bits per heavy atom. The molecule has 0 radical (unpaired) electrons. The van der Waals surface area contributed by atoms with Crippen LogP contribution in [0.25, 0.3) is 10.9 Å². The normalized spacial score (nSPS) is 12.3. The van der Waals surface area contributed by atoms with Crippen molar-refractivity contribution in [1.29, 1.82) is 0 Å². The standard InChI is InChI=1S/C25H21N5O3/c1-33-21-7-4-18-14-19-10-13-30(23(19)27-22(18)15-21)20-5-2-16(3-6-20)24(31)28-29-25(32)17-8-11-26-12-9-17/h2-9,11-12,14-15H,10,13H2,1H3,(H,28,31)(H,29,32). The van der Waals surface area contributed by atoms with E-state index in [9.17, 15) is 9.59 Å². The lowest BCUT2D eigenvalue weighted by molar-refractivity contribution is 0.0846. The molecule has 0 atom stereocenters. The zero-order valence-electron chi connectivity index (χ0n) is 17.9. The minimum Gasteiger partial charge on any atom is -0.497 e. The summed E-state index contributed by atoms with van der Waals surface area (Å²) in [7, 11) is 1.64. The fourth-order valence-electron chi connectivity index (χ4n) is 3.87. The van der Waals surface area contributed by atoms with Crippen LogP contribution in [-0.2, 0) is 6.42 Å². The van der Waals surface area contributed by atoms with Crippen molar-refractivity contribution in [2.75, 3.05) is 18.6 Å². The van der Waals surface area contributed by atoms with Crippen molar-refractivity contribution < 1.29 is 14.3 Å². The van der Waals surface area contributed by atoms with E-state index >= 15 is 0 Å². The lowest BCUT2D eigenvalue weighted by Crippen LogP contribution is -2.41. The third kappa shape index (κ3) is 4.06. The molecule has 2 aromatic carbocycles. The van der Waals surface area contributed by atoms with Gasteiger partial charge in [0.25, 0.3) is 11.8 Å². The Balaban J connectivity index is 1.31. The summed E-state index contributed by atoms with van der Waals surface area (Å²) in [5.74, 6) is 0.872. The van der Waals surface area contributed by atoms with Crippen molar-refractivity contribution in [1.82, 2.24) is 20.8 Å². The van der Waals surface area contributed by atoms with E-state index in [0.29, 0.717) is 11.1 Å². The van der Waals surface area contributed by atoms with Gasteiger partial charge in [-0.05, 0) is 66.6 Å². The van der Waals surface area contributed by atoms with Crippen molar-refractivity contribution in [2.24, 2.45) is 0 Å². The molecule has 164 valence electrons. The highest BCUT2D eigenvalue weighted by molar-refractivity contribution is 5.99. The number of carbonyl (C=O) groups excluding carboxylic acids is 2. The highest BCUT2D eigenvalue weighted by atomic mass is 16.5. The van der Waals surface area contributed by atoms with Gasteiger partial charge >= 0.3 is 0 Å². The maximum atomic E-state index is 12.4. The highest BCUT2D eigenvalue weighted by Crippen LogP contribution is 2.35. The molecule has 33 heavy (non-hydrogen) atoms. The Hall–Kier alpha value is -4.46. The van der Waals surface area contributed by atoms with E-state index in [1.54, 1.807) is 31.4 Å². The molecule has 2 amide bonds. The zero-order valence-corrected chi connectivity index (χ0v) is 17.9. The van der Waals surface area contributed by atoms with Gasteiger partial charge in [0, 0.05) is 47.2 Å². The first-order valence-electron chi connectivity index (χ1n) is 10.5. The van der Waals surface area contributed by atoms with Crippen LogP contribution in [0.4, 0.5) is 11.5 Å². The molecule has 2 aromatic heterocycles. The number of methoxy groups -OCH3 is 1. The summed E-state index contributed by atoms with van der Waals surface area (Å²) in [5, 5.41) is 1.08. The Kier molecular flexibility index (Phi) is 5.32. The van der Waals surface area contributed by atoms with Crippen LogP contribution in [0.15, 0.2) is 73.1 Å². The lowest BCUT2D eigenvalue weighted by Gasteiger charge is -2.19. The quantitative estimate of drug-likeness (QED) is 0.473. The van der Waals surface area contributed by atoms with Crippen LogP contribution in [-0.4, -0.2) is 35.4 Å². The minimum absolute atomic E-state index is 0.401.